The van der Waals surface area contributed by atoms with Gasteiger partial charge in [0, 0.05) is 39.5 Å². The van der Waals surface area contributed by atoms with Gasteiger partial charge in [0.1, 0.15) is 0 Å². The molecule has 0 bridgehead atoms. The molecule has 3 rings (SSSR count). The van der Waals surface area contributed by atoms with Gasteiger partial charge in [-0.25, -0.2) is 0 Å². The van der Waals surface area contributed by atoms with Crippen molar-refractivity contribution in [3.63, 3.8) is 0 Å². The fourth-order valence-corrected chi connectivity index (χ4v) is 3.71. The fourth-order valence-electron chi connectivity index (χ4n) is 2.77. The number of hydrogen-bond donors (Lipinski definition) is 2. The third-order valence-electron chi connectivity index (χ3n) is 4.07. The first-order valence-electron chi connectivity index (χ1n) is 8.77. The smallest absolute Gasteiger partial charge is 0.291 e. The Hall–Kier alpha value is -3.19. The predicted octanol–water partition coefficient (Wildman–Crippen LogP) is 4.81. The van der Waals surface area contributed by atoms with E-state index in [1.54, 1.807) is 47.7 Å². The average molecular weight is 396 g/mol. The van der Waals surface area contributed by atoms with Gasteiger partial charge in [-0.15, -0.1) is 11.3 Å². The molecule has 0 radical (unpaired) electrons. The van der Waals surface area contributed by atoms with Gasteiger partial charge in [-0.1, -0.05) is 6.07 Å². The van der Waals surface area contributed by atoms with Crippen LogP contribution >= 0.6 is 11.3 Å². The molecule has 0 unspecified atom stereocenters. The quantitative estimate of drug-likeness (QED) is 0.561. The molecule has 7 heteroatoms. The third-order valence-corrected chi connectivity index (χ3v) is 5.04. The molecular formula is C21H20N2O4S. The Labute approximate surface area is 166 Å². The number of Topliss-reactive ketones (excluding diaryl/α,β-unsaturated/α-hetero) is 1. The van der Waals surface area contributed by atoms with Gasteiger partial charge in [0.05, 0.1) is 6.26 Å². The largest absolute Gasteiger partial charge is 0.459 e. The number of amides is 2. The molecule has 28 heavy (non-hydrogen) atoms. The molecule has 6 nitrogen and oxygen atoms in total. The summed E-state index contributed by atoms with van der Waals surface area (Å²) in [4.78, 5) is 38.6. The van der Waals surface area contributed by atoms with Crippen LogP contribution in [-0.4, -0.2) is 17.6 Å². The van der Waals surface area contributed by atoms with Gasteiger partial charge < -0.3 is 15.1 Å². The zero-order valence-corrected chi connectivity index (χ0v) is 16.4. The van der Waals surface area contributed by atoms with Crippen LogP contribution in [0.1, 0.15) is 43.5 Å². The molecule has 0 saturated heterocycles. The Morgan fingerprint density at radius 3 is 2.36 bits per heavy atom. The predicted molar refractivity (Wildman–Crippen MR) is 109 cm³/mol. The maximum atomic E-state index is 12.3. The summed E-state index contributed by atoms with van der Waals surface area (Å²) < 4.78 is 5.05. The fraction of sp³-hybridized carbons (Fsp3) is 0.190. The normalized spacial score (nSPS) is 10.5. The average Bonchev–Trinajstić information content (AvgIpc) is 3.29. The van der Waals surface area contributed by atoms with E-state index in [0.717, 1.165) is 9.75 Å². The summed E-state index contributed by atoms with van der Waals surface area (Å²) in [6.07, 6.45) is 1.67. The number of anilines is 2. The van der Waals surface area contributed by atoms with E-state index in [1.165, 1.54) is 6.26 Å². The molecule has 0 aliphatic carbocycles. The highest BCUT2D eigenvalue weighted by Crippen LogP contribution is 2.22. The number of carbonyl (C=O) groups excluding carboxylic acids is 3. The number of nitrogens with one attached hydrogen (secondary N) is 2. The minimum atomic E-state index is -0.375. The van der Waals surface area contributed by atoms with Gasteiger partial charge in [-0.3, -0.25) is 14.4 Å². The molecule has 3 aromatic rings. The highest BCUT2D eigenvalue weighted by molar-refractivity contribution is 7.12. The highest BCUT2D eigenvalue weighted by Gasteiger charge is 2.14. The number of ketones is 1. The van der Waals surface area contributed by atoms with Crippen LogP contribution in [0.25, 0.3) is 0 Å². The number of rotatable bonds is 7. The summed E-state index contributed by atoms with van der Waals surface area (Å²) in [5, 5.41) is 5.45. The second-order valence-corrected chi connectivity index (χ2v) is 7.77. The molecule has 2 aromatic heterocycles. The van der Waals surface area contributed by atoms with E-state index in [4.69, 9.17) is 4.42 Å². The monoisotopic (exact) mass is 396 g/mol. The van der Waals surface area contributed by atoms with Gasteiger partial charge in [-0.2, -0.15) is 0 Å². The molecule has 0 aliphatic rings. The Morgan fingerprint density at radius 2 is 1.71 bits per heavy atom. The number of furan rings is 1. The minimum absolute atomic E-state index is 0.0311. The summed E-state index contributed by atoms with van der Waals surface area (Å²) in [6.45, 7) is 3.87. The van der Waals surface area contributed by atoms with Crippen molar-refractivity contribution in [2.75, 3.05) is 10.6 Å². The summed E-state index contributed by atoms with van der Waals surface area (Å²) in [7, 11) is 0. The van der Waals surface area contributed by atoms with Crippen LogP contribution in [0.4, 0.5) is 11.4 Å². The van der Waals surface area contributed by atoms with Crippen molar-refractivity contribution in [3.05, 3.63) is 69.8 Å². The maximum Gasteiger partial charge on any atom is 0.291 e. The van der Waals surface area contributed by atoms with E-state index in [9.17, 15) is 14.4 Å². The van der Waals surface area contributed by atoms with Gasteiger partial charge in [0.15, 0.2) is 11.5 Å². The Morgan fingerprint density at radius 1 is 0.964 bits per heavy atom. The number of benzene rings is 1. The first kappa shape index (κ1) is 19.6. The van der Waals surface area contributed by atoms with Gasteiger partial charge in [-0.05, 0) is 50.2 Å². The molecule has 144 valence electrons. The van der Waals surface area contributed by atoms with E-state index in [1.807, 2.05) is 19.9 Å². The maximum absolute atomic E-state index is 12.3. The van der Waals surface area contributed by atoms with Gasteiger partial charge in [0.2, 0.25) is 5.91 Å². The van der Waals surface area contributed by atoms with Crippen molar-refractivity contribution in [1.29, 1.82) is 0 Å². The minimum Gasteiger partial charge on any atom is -0.459 e. The molecule has 0 fully saturated rings. The molecule has 0 aliphatic heterocycles. The molecule has 1 aromatic carbocycles. The summed E-state index contributed by atoms with van der Waals surface area (Å²) in [5.41, 5.74) is 1.76. The lowest BCUT2D eigenvalue weighted by molar-refractivity contribution is -0.116. The summed E-state index contributed by atoms with van der Waals surface area (Å²) in [5.74, 6) is -0.462. The van der Waals surface area contributed by atoms with E-state index < -0.39 is 0 Å². The van der Waals surface area contributed by atoms with E-state index >= 15 is 0 Å². The lowest BCUT2D eigenvalue weighted by Crippen LogP contribution is -2.14. The summed E-state index contributed by atoms with van der Waals surface area (Å²) >= 11 is 1.58. The third kappa shape index (κ3) is 4.95. The number of thiophene rings is 1. The van der Waals surface area contributed by atoms with E-state index in [0.29, 0.717) is 16.9 Å². The summed E-state index contributed by atoms with van der Waals surface area (Å²) in [6, 6.07) is 11.9. The van der Waals surface area contributed by atoms with Crippen molar-refractivity contribution in [3.8, 4) is 0 Å². The van der Waals surface area contributed by atoms with Crippen molar-refractivity contribution in [2.45, 2.75) is 26.7 Å². The first-order valence-corrected chi connectivity index (χ1v) is 9.59. The zero-order chi connectivity index (χ0) is 20.1. The number of aryl methyl sites for hydroxylation is 2. The van der Waals surface area contributed by atoms with Crippen LogP contribution in [0, 0.1) is 13.8 Å². The Bertz CT molecular complexity index is 1010. The molecular weight excluding hydrogens is 376 g/mol. The SMILES string of the molecule is Cc1cc(C(=O)CCC(=O)Nc2cccc(NC(=O)c3ccco3)c2)c(C)s1. The van der Waals surface area contributed by atoms with Crippen molar-refractivity contribution in [1.82, 2.24) is 0 Å². The molecule has 2 heterocycles. The van der Waals surface area contributed by atoms with Crippen molar-refractivity contribution in [2.24, 2.45) is 0 Å². The second-order valence-electron chi connectivity index (χ2n) is 6.31. The molecule has 0 saturated carbocycles. The van der Waals surface area contributed by atoms with E-state index in [2.05, 4.69) is 10.6 Å². The Kier molecular flexibility index (Phi) is 6.06. The second kappa shape index (κ2) is 8.67. The lowest BCUT2D eigenvalue weighted by atomic mass is 10.1. The zero-order valence-electron chi connectivity index (χ0n) is 15.6. The van der Waals surface area contributed by atoms with Crippen LogP contribution in [-0.2, 0) is 4.79 Å². The molecule has 0 atom stereocenters. The van der Waals surface area contributed by atoms with Crippen LogP contribution in [0.5, 0.6) is 0 Å². The lowest BCUT2D eigenvalue weighted by Gasteiger charge is -2.08. The van der Waals surface area contributed by atoms with Crippen molar-refractivity contribution >= 4 is 40.3 Å². The van der Waals surface area contributed by atoms with Crippen molar-refractivity contribution < 1.29 is 18.8 Å². The topological polar surface area (TPSA) is 88.4 Å². The number of hydrogen-bond acceptors (Lipinski definition) is 5. The van der Waals surface area contributed by atoms with Crippen LogP contribution in [0.15, 0.2) is 53.1 Å². The van der Waals surface area contributed by atoms with Crippen LogP contribution in [0.2, 0.25) is 0 Å². The molecule has 2 amide bonds. The Balaban J connectivity index is 1.54. The highest BCUT2D eigenvalue weighted by atomic mass is 32.1. The van der Waals surface area contributed by atoms with Crippen LogP contribution < -0.4 is 10.6 Å². The van der Waals surface area contributed by atoms with Crippen LogP contribution in [0.3, 0.4) is 0 Å². The van der Waals surface area contributed by atoms with Gasteiger partial charge >= 0.3 is 0 Å². The van der Waals surface area contributed by atoms with E-state index in [-0.39, 0.29) is 36.2 Å². The molecule has 2 N–H and O–H groups in total. The first-order chi connectivity index (χ1) is 13.4. The van der Waals surface area contributed by atoms with Gasteiger partial charge in [0.25, 0.3) is 5.91 Å². The number of carbonyl (C=O) groups is 3. The standard InChI is InChI=1S/C21H20N2O4S/c1-13-11-17(14(2)28-13)18(24)8-9-20(25)22-15-5-3-6-16(12-15)23-21(26)19-7-4-10-27-19/h3-7,10-12H,8-9H2,1-2H3,(H,22,25)(H,23,26). The molecule has 0 spiro atoms.